The molecule has 22 heavy (non-hydrogen) atoms. The number of rotatable bonds is 8. The van der Waals surface area contributed by atoms with Gasteiger partial charge in [0.25, 0.3) is 5.91 Å². The summed E-state index contributed by atoms with van der Waals surface area (Å²) in [7, 11) is 3.33. The van der Waals surface area contributed by atoms with Crippen molar-refractivity contribution >= 4 is 11.8 Å². The maximum atomic E-state index is 12.4. The maximum absolute atomic E-state index is 12.4. The minimum atomic E-state index is -0.589. The van der Waals surface area contributed by atoms with Gasteiger partial charge in [-0.1, -0.05) is 26.0 Å². The second kappa shape index (κ2) is 9.04. The number of amides is 2. The fourth-order valence-electron chi connectivity index (χ4n) is 2.01. The molecule has 0 radical (unpaired) electrons. The smallest absolute Gasteiger partial charge is 0.255 e. The summed E-state index contributed by atoms with van der Waals surface area (Å²) < 4.78 is 5.18. The molecule has 0 saturated heterocycles. The molecule has 1 aromatic rings. The van der Waals surface area contributed by atoms with Crippen molar-refractivity contribution in [2.75, 3.05) is 27.2 Å². The van der Waals surface area contributed by atoms with E-state index in [0.29, 0.717) is 24.4 Å². The van der Waals surface area contributed by atoms with Gasteiger partial charge in [0.2, 0.25) is 5.91 Å². The molecule has 6 nitrogen and oxygen atoms in total. The van der Waals surface area contributed by atoms with Crippen LogP contribution < -0.4 is 20.7 Å². The third-order valence-corrected chi connectivity index (χ3v) is 3.26. The van der Waals surface area contributed by atoms with Gasteiger partial charge in [-0.2, -0.15) is 0 Å². The van der Waals surface area contributed by atoms with Crippen LogP contribution in [0.4, 0.5) is 0 Å². The quantitative estimate of drug-likeness (QED) is 0.620. The van der Waals surface area contributed by atoms with Crippen LogP contribution in [0.2, 0.25) is 0 Å². The first-order valence-electron chi connectivity index (χ1n) is 7.37. The van der Waals surface area contributed by atoms with Crippen LogP contribution in [-0.4, -0.2) is 45.1 Å². The summed E-state index contributed by atoms with van der Waals surface area (Å²) in [4.78, 5) is 24.6. The average molecular weight is 307 g/mol. The Morgan fingerprint density at radius 1 is 1.18 bits per heavy atom. The van der Waals surface area contributed by atoms with Gasteiger partial charge in [-0.15, -0.1) is 0 Å². The van der Waals surface area contributed by atoms with Gasteiger partial charge < -0.3 is 20.7 Å². The molecule has 1 atom stereocenters. The van der Waals surface area contributed by atoms with E-state index in [9.17, 15) is 9.59 Å². The van der Waals surface area contributed by atoms with Crippen molar-refractivity contribution in [3.63, 3.8) is 0 Å². The van der Waals surface area contributed by atoms with Gasteiger partial charge in [0.15, 0.2) is 0 Å². The lowest BCUT2D eigenvalue weighted by Gasteiger charge is -2.22. The molecule has 0 aromatic heterocycles. The summed E-state index contributed by atoms with van der Waals surface area (Å²) in [6.07, 6.45) is 0. The largest absolute Gasteiger partial charge is 0.496 e. The average Bonchev–Trinajstić information content (AvgIpc) is 2.52. The number of methoxy groups -OCH3 is 1. The van der Waals surface area contributed by atoms with Gasteiger partial charge in [0, 0.05) is 13.1 Å². The molecule has 6 heteroatoms. The molecule has 0 aliphatic heterocycles. The second-order valence-electron chi connectivity index (χ2n) is 5.29. The van der Waals surface area contributed by atoms with Gasteiger partial charge in [0.1, 0.15) is 11.8 Å². The van der Waals surface area contributed by atoms with Crippen molar-refractivity contribution in [3.8, 4) is 5.75 Å². The SMILES string of the molecule is CNCCNC(=O)C(NC(=O)c1ccccc1OC)C(C)C. The zero-order valence-corrected chi connectivity index (χ0v) is 13.6. The Balaban J connectivity index is 2.78. The predicted molar refractivity (Wildman–Crippen MR) is 86.0 cm³/mol. The van der Waals surface area contributed by atoms with Gasteiger partial charge in [0.05, 0.1) is 12.7 Å². The fourth-order valence-corrected chi connectivity index (χ4v) is 2.01. The highest BCUT2D eigenvalue weighted by Gasteiger charge is 2.25. The molecule has 1 rings (SSSR count). The highest BCUT2D eigenvalue weighted by atomic mass is 16.5. The number of nitrogens with one attached hydrogen (secondary N) is 3. The Kier molecular flexibility index (Phi) is 7.39. The van der Waals surface area contributed by atoms with E-state index in [4.69, 9.17) is 4.74 Å². The first kappa shape index (κ1) is 18.0. The molecule has 1 unspecified atom stereocenters. The highest BCUT2D eigenvalue weighted by molar-refractivity contribution is 5.99. The zero-order valence-electron chi connectivity index (χ0n) is 13.6. The molecule has 0 bridgehead atoms. The minimum Gasteiger partial charge on any atom is -0.496 e. The van der Waals surface area contributed by atoms with E-state index < -0.39 is 6.04 Å². The zero-order chi connectivity index (χ0) is 16.5. The summed E-state index contributed by atoms with van der Waals surface area (Å²) in [5.41, 5.74) is 0.415. The van der Waals surface area contributed by atoms with Crippen LogP contribution in [0.15, 0.2) is 24.3 Å². The second-order valence-corrected chi connectivity index (χ2v) is 5.29. The first-order valence-corrected chi connectivity index (χ1v) is 7.37. The Hall–Kier alpha value is -2.08. The molecular weight excluding hydrogens is 282 g/mol. The molecule has 0 aliphatic rings. The number of carbonyl (C=O) groups excluding carboxylic acids is 2. The minimum absolute atomic E-state index is 0.0201. The number of hydrogen-bond donors (Lipinski definition) is 3. The molecule has 0 fully saturated rings. The lowest BCUT2D eigenvalue weighted by Crippen LogP contribution is -2.50. The number of para-hydroxylation sites is 1. The molecule has 122 valence electrons. The van der Waals surface area contributed by atoms with E-state index in [2.05, 4.69) is 16.0 Å². The number of benzene rings is 1. The van der Waals surface area contributed by atoms with Crippen LogP contribution in [0, 0.1) is 5.92 Å². The Morgan fingerprint density at radius 3 is 2.45 bits per heavy atom. The standard InChI is InChI=1S/C16H25N3O3/c1-11(2)14(16(21)18-10-9-17-3)19-15(20)12-7-5-6-8-13(12)22-4/h5-8,11,14,17H,9-10H2,1-4H3,(H,18,21)(H,19,20). The van der Waals surface area contributed by atoms with Gasteiger partial charge in [-0.05, 0) is 25.1 Å². The molecule has 0 aliphatic carbocycles. The summed E-state index contributed by atoms with van der Waals surface area (Å²) in [6.45, 7) is 4.98. The van der Waals surface area contributed by atoms with Crippen LogP contribution in [-0.2, 0) is 4.79 Å². The Bertz CT molecular complexity index is 503. The van der Waals surface area contributed by atoms with Gasteiger partial charge >= 0.3 is 0 Å². The van der Waals surface area contributed by atoms with Crippen molar-refractivity contribution in [1.82, 2.24) is 16.0 Å². The van der Waals surface area contributed by atoms with E-state index in [1.807, 2.05) is 20.9 Å². The summed E-state index contributed by atoms with van der Waals surface area (Å²) in [5, 5.41) is 8.54. The molecule has 0 saturated carbocycles. The summed E-state index contributed by atoms with van der Waals surface area (Å²) in [5.74, 6) is -0.0419. The lowest BCUT2D eigenvalue weighted by atomic mass is 10.0. The number of ether oxygens (including phenoxy) is 1. The molecule has 3 N–H and O–H groups in total. The molecule has 0 heterocycles. The van der Waals surface area contributed by atoms with Crippen LogP contribution in [0.25, 0.3) is 0 Å². The third-order valence-electron chi connectivity index (χ3n) is 3.26. The normalized spacial score (nSPS) is 11.9. The van der Waals surface area contributed by atoms with Crippen molar-refractivity contribution in [2.24, 2.45) is 5.92 Å². The highest BCUT2D eigenvalue weighted by Crippen LogP contribution is 2.17. The topological polar surface area (TPSA) is 79.5 Å². The molecule has 0 spiro atoms. The van der Waals surface area contributed by atoms with E-state index >= 15 is 0 Å². The monoisotopic (exact) mass is 307 g/mol. The molecular formula is C16H25N3O3. The number of hydrogen-bond acceptors (Lipinski definition) is 4. The lowest BCUT2D eigenvalue weighted by molar-refractivity contribution is -0.123. The van der Waals surface area contributed by atoms with Gasteiger partial charge in [-0.25, -0.2) is 0 Å². The van der Waals surface area contributed by atoms with E-state index in [-0.39, 0.29) is 17.7 Å². The van der Waals surface area contributed by atoms with Crippen LogP contribution in [0.5, 0.6) is 5.75 Å². The van der Waals surface area contributed by atoms with Crippen molar-refractivity contribution in [1.29, 1.82) is 0 Å². The number of carbonyl (C=O) groups is 2. The van der Waals surface area contributed by atoms with E-state index in [0.717, 1.165) is 0 Å². The Labute approximate surface area is 131 Å². The van der Waals surface area contributed by atoms with E-state index in [1.165, 1.54) is 7.11 Å². The van der Waals surface area contributed by atoms with Crippen LogP contribution >= 0.6 is 0 Å². The van der Waals surface area contributed by atoms with Crippen molar-refractivity contribution in [3.05, 3.63) is 29.8 Å². The van der Waals surface area contributed by atoms with Gasteiger partial charge in [-0.3, -0.25) is 9.59 Å². The van der Waals surface area contributed by atoms with Crippen LogP contribution in [0.3, 0.4) is 0 Å². The third kappa shape index (κ3) is 5.04. The molecule has 2 amide bonds. The van der Waals surface area contributed by atoms with Crippen molar-refractivity contribution < 1.29 is 14.3 Å². The predicted octanol–water partition coefficient (Wildman–Crippen LogP) is 0.785. The summed E-state index contributed by atoms with van der Waals surface area (Å²) in [6, 6.07) is 6.35. The Morgan fingerprint density at radius 2 is 1.86 bits per heavy atom. The van der Waals surface area contributed by atoms with Crippen molar-refractivity contribution in [2.45, 2.75) is 19.9 Å². The van der Waals surface area contributed by atoms with Crippen LogP contribution in [0.1, 0.15) is 24.2 Å². The first-order chi connectivity index (χ1) is 10.5. The summed E-state index contributed by atoms with van der Waals surface area (Å²) >= 11 is 0. The molecule has 1 aromatic carbocycles. The number of likely N-dealkylation sites (N-methyl/N-ethyl adjacent to an activating group) is 1. The fraction of sp³-hybridized carbons (Fsp3) is 0.500. The van der Waals surface area contributed by atoms with E-state index in [1.54, 1.807) is 24.3 Å². The maximum Gasteiger partial charge on any atom is 0.255 e.